The molecule has 0 bridgehead atoms. The Balaban J connectivity index is 1.15. The van der Waals surface area contributed by atoms with Crippen molar-refractivity contribution in [2.45, 2.75) is 49.0 Å². The first kappa shape index (κ1) is 30.4. The minimum absolute atomic E-state index is 0.241. The molecular formula is C32H31F3N4O3S. The van der Waals surface area contributed by atoms with Crippen molar-refractivity contribution in [2.75, 3.05) is 12.3 Å². The van der Waals surface area contributed by atoms with E-state index in [1.54, 1.807) is 0 Å². The fraction of sp³-hybridized carbons (Fsp3) is 0.281. The van der Waals surface area contributed by atoms with E-state index in [4.69, 9.17) is 4.84 Å². The smallest absolute Gasteiger partial charge is 0.346 e. The molecule has 0 saturated heterocycles. The van der Waals surface area contributed by atoms with Crippen LogP contribution in [0.2, 0.25) is 0 Å². The molecule has 2 amide bonds. The average Bonchev–Trinajstić information content (AvgIpc) is 3.60. The number of hydroxylamine groups is 1. The summed E-state index contributed by atoms with van der Waals surface area (Å²) < 4.78 is 39.2. The molecule has 1 aliphatic rings. The average molecular weight is 609 g/mol. The van der Waals surface area contributed by atoms with E-state index in [1.165, 1.54) is 18.0 Å². The van der Waals surface area contributed by atoms with Gasteiger partial charge < -0.3 is 10.3 Å². The second-order valence-corrected chi connectivity index (χ2v) is 11.3. The van der Waals surface area contributed by atoms with Crippen molar-refractivity contribution in [1.82, 2.24) is 20.8 Å². The zero-order valence-electron chi connectivity index (χ0n) is 23.2. The lowest BCUT2D eigenvalue weighted by Gasteiger charge is -2.31. The molecule has 0 fully saturated rings. The molecule has 1 aromatic heterocycles. The van der Waals surface area contributed by atoms with Gasteiger partial charge in [-0.2, -0.15) is 13.2 Å². The monoisotopic (exact) mass is 608 g/mol. The summed E-state index contributed by atoms with van der Waals surface area (Å²) in [6.07, 6.45) is -0.505. The van der Waals surface area contributed by atoms with E-state index < -0.39 is 30.0 Å². The van der Waals surface area contributed by atoms with Crippen molar-refractivity contribution in [3.63, 3.8) is 0 Å². The predicted octanol–water partition coefficient (Wildman–Crippen LogP) is 6.57. The summed E-state index contributed by atoms with van der Waals surface area (Å²) in [5.74, 6) is -0.355. The molecule has 0 atom stereocenters. The van der Waals surface area contributed by atoms with Crippen LogP contribution in [0.4, 0.5) is 13.2 Å². The minimum Gasteiger partial charge on any atom is -0.346 e. The highest BCUT2D eigenvalue weighted by molar-refractivity contribution is 7.99. The number of carbonyl (C=O) groups is 2. The van der Waals surface area contributed by atoms with E-state index >= 15 is 0 Å². The number of benzene rings is 3. The Morgan fingerprint density at radius 2 is 1.53 bits per heavy atom. The van der Waals surface area contributed by atoms with Gasteiger partial charge in [0.15, 0.2) is 5.16 Å². The second-order valence-electron chi connectivity index (χ2n) is 10.3. The number of alkyl halides is 3. The van der Waals surface area contributed by atoms with Crippen LogP contribution in [-0.2, 0) is 21.7 Å². The summed E-state index contributed by atoms with van der Waals surface area (Å²) in [5.41, 5.74) is 5.63. The van der Waals surface area contributed by atoms with Crippen LogP contribution in [0.25, 0.3) is 11.1 Å². The Morgan fingerprint density at radius 3 is 2.21 bits per heavy atom. The quantitative estimate of drug-likeness (QED) is 0.0907. The first-order chi connectivity index (χ1) is 20.8. The summed E-state index contributed by atoms with van der Waals surface area (Å²) >= 11 is 1.46. The van der Waals surface area contributed by atoms with Crippen molar-refractivity contribution in [3.8, 4) is 11.1 Å². The molecular weight excluding hydrogens is 577 g/mol. The first-order valence-corrected chi connectivity index (χ1v) is 14.9. The van der Waals surface area contributed by atoms with Gasteiger partial charge in [0, 0.05) is 5.75 Å². The summed E-state index contributed by atoms with van der Waals surface area (Å²) in [5, 5.41) is 2.76. The van der Waals surface area contributed by atoms with Crippen LogP contribution < -0.4 is 10.8 Å². The summed E-state index contributed by atoms with van der Waals surface area (Å²) in [6, 6.07) is 24.4. The maximum atomic E-state index is 13.6. The van der Waals surface area contributed by atoms with Gasteiger partial charge in [-0.3, -0.25) is 14.4 Å². The number of H-pyrrole nitrogens is 1. The number of aromatic amines is 1. The van der Waals surface area contributed by atoms with E-state index in [-0.39, 0.29) is 12.3 Å². The minimum atomic E-state index is -4.51. The number of amides is 2. The van der Waals surface area contributed by atoms with Crippen molar-refractivity contribution in [1.29, 1.82) is 0 Å². The van der Waals surface area contributed by atoms with E-state index in [9.17, 15) is 22.8 Å². The van der Waals surface area contributed by atoms with Crippen LogP contribution in [0.15, 0.2) is 90.2 Å². The Labute approximate surface area is 251 Å². The Hall–Kier alpha value is -4.09. The molecule has 4 aromatic rings. The number of imidazole rings is 1. The number of halogens is 3. The van der Waals surface area contributed by atoms with Crippen LogP contribution in [0.3, 0.4) is 0 Å². The highest BCUT2D eigenvalue weighted by atomic mass is 32.2. The SMILES string of the molecule is O=C(NOCc1ccccc1)c1cnc(SCCCCCC2(C(=O)NCC(F)(F)F)c3ccccc3-c3ccccc32)[nH]1. The molecule has 0 unspecified atom stereocenters. The largest absolute Gasteiger partial charge is 0.405 e. The van der Waals surface area contributed by atoms with Gasteiger partial charge in [0.2, 0.25) is 5.91 Å². The van der Waals surface area contributed by atoms with Gasteiger partial charge >= 0.3 is 6.18 Å². The van der Waals surface area contributed by atoms with Gasteiger partial charge in [-0.1, -0.05) is 103 Å². The van der Waals surface area contributed by atoms with Gasteiger partial charge in [-0.05, 0) is 40.7 Å². The van der Waals surface area contributed by atoms with Crippen molar-refractivity contribution in [3.05, 3.63) is 107 Å². The van der Waals surface area contributed by atoms with E-state index in [2.05, 4.69) is 20.8 Å². The number of fused-ring (bicyclic) bond motifs is 3. The van der Waals surface area contributed by atoms with Gasteiger partial charge in [-0.25, -0.2) is 10.5 Å². The number of carbonyl (C=O) groups excluding carboxylic acids is 2. The highest BCUT2D eigenvalue weighted by Gasteiger charge is 2.49. The Morgan fingerprint density at radius 1 is 0.884 bits per heavy atom. The molecule has 0 aliphatic heterocycles. The van der Waals surface area contributed by atoms with Gasteiger partial charge in [0.05, 0.1) is 12.8 Å². The third-order valence-electron chi connectivity index (χ3n) is 7.38. The van der Waals surface area contributed by atoms with E-state index in [0.29, 0.717) is 23.8 Å². The zero-order chi connectivity index (χ0) is 30.3. The molecule has 11 heteroatoms. The maximum absolute atomic E-state index is 13.6. The normalized spacial score (nSPS) is 13.3. The van der Waals surface area contributed by atoms with E-state index in [0.717, 1.165) is 40.7 Å². The topological polar surface area (TPSA) is 96.1 Å². The molecule has 3 aromatic carbocycles. The molecule has 7 nitrogen and oxygen atoms in total. The van der Waals surface area contributed by atoms with Crippen LogP contribution in [-0.4, -0.2) is 40.3 Å². The highest BCUT2D eigenvalue weighted by Crippen LogP contribution is 2.51. The van der Waals surface area contributed by atoms with Crippen LogP contribution in [0.1, 0.15) is 52.9 Å². The van der Waals surface area contributed by atoms with Gasteiger partial charge in [0.1, 0.15) is 17.7 Å². The summed E-state index contributed by atoms with van der Waals surface area (Å²) in [7, 11) is 0. The Bertz CT molecular complexity index is 1510. The fourth-order valence-corrected chi connectivity index (χ4v) is 6.28. The number of hydrogen-bond donors (Lipinski definition) is 3. The number of nitrogens with zero attached hydrogens (tertiary/aromatic N) is 1. The van der Waals surface area contributed by atoms with E-state index in [1.807, 2.05) is 78.9 Å². The van der Waals surface area contributed by atoms with Crippen molar-refractivity contribution < 1.29 is 27.6 Å². The number of nitrogens with one attached hydrogen (secondary N) is 3. The molecule has 0 radical (unpaired) electrons. The summed E-state index contributed by atoms with van der Waals surface area (Å²) in [4.78, 5) is 38.4. The number of rotatable bonds is 13. The van der Waals surface area contributed by atoms with Gasteiger partial charge in [-0.15, -0.1) is 0 Å². The lowest BCUT2D eigenvalue weighted by atomic mass is 9.73. The third-order valence-corrected chi connectivity index (χ3v) is 8.35. The molecule has 43 heavy (non-hydrogen) atoms. The fourth-order valence-electron chi connectivity index (χ4n) is 5.43. The zero-order valence-corrected chi connectivity index (χ0v) is 24.1. The van der Waals surface area contributed by atoms with Crippen LogP contribution in [0, 0.1) is 0 Å². The number of unbranched alkanes of at least 4 members (excludes halogenated alkanes) is 2. The van der Waals surface area contributed by atoms with Crippen molar-refractivity contribution >= 4 is 23.6 Å². The number of hydrogen-bond acceptors (Lipinski definition) is 5. The maximum Gasteiger partial charge on any atom is 0.405 e. The Kier molecular flexibility index (Phi) is 9.52. The molecule has 0 saturated carbocycles. The van der Waals surface area contributed by atoms with Crippen molar-refractivity contribution in [2.24, 2.45) is 0 Å². The van der Waals surface area contributed by atoms with Gasteiger partial charge in [0.25, 0.3) is 5.91 Å². The number of thioether (sulfide) groups is 1. The number of aromatic nitrogens is 2. The van der Waals surface area contributed by atoms with Crippen LogP contribution in [0.5, 0.6) is 0 Å². The molecule has 3 N–H and O–H groups in total. The molecule has 224 valence electrons. The lowest BCUT2D eigenvalue weighted by molar-refractivity contribution is -0.141. The molecule has 0 spiro atoms. The molecule has 1 aliphatic carbocycles. The van der Waals surface area contributed by atoms with Crippen LogP contribution >= 0.6 is 11.8 Å². The second kappa shape index (κ2) is 13.5. The third kappa shape index (κ3) is 7.11. The first-order valence-electron chi connectivity index (χ1n) is 14.0. The molecule has 5 rings (SSSR count). The standard InChI is InChI=1S/C32H31F3N4O3S/c33-32(34,35)21-37-29(41)31(25-15-7-5-13-23(25)24-14-6-8-16-26(24)31)17-9-2-10-18-43-30-36-19-27(38-30)28(40)39-42-20-22-11-3-1-4-12-22/h1,3-8,11-16,19H,2,9-10,17-18,20-21H2,(H,36,38)(H,37,41)(H,39,40). The summed E-state index contributed by atoms with van der Waals surface area (Å²) in [6.45, 7) is -1.14. The lowest BCUT2D eigenvalue weighted by Crippen LogP contribution is -2.47. The molecule has 1 heterocycles. The predicted molar refractivity (Wildman–Crippen MR) is 158 cm³/mol.